The van der Waals surface area contributed by atoms with Gasteiger partial charge in [-0.3, -0.25) is 29.1 Å². The van der Waals surface area contributed by atoms with Gasteiger partial charge in [0.25, 0.3) is 17.2 Å². The molecule has 2 unspecified atom stereocenters. The van der Waals surface area contributed by atoms with Crippen LogP contribution in [0, 0.1) is 16.0 Å². The molecular formula is C22H26ClN3O5. The van der Waals surface area contributed by atoms with Crippen LogP contribution in [0.25, 0.3) is 0 Å². The lowest BCUT2D eigenvalue weighted by atomic mass is 9.98. The number of rotatable bonds is 11. The lowest BCUT2D eigenvalue weighted by Gasteiger charge is -2.21. The highest BCUT2D eigenvalue weighted by atomic mass is 35.5. The number of Topliss-reactive ketones (excluding diaryl/α,β-unsaturated/α-hetero) is 1. The Labute approximate surface area is 185 Å². The number of non-ortho nitro benzene ring substituents is 1. The minimum absolute atomic E-state index is 0.0424. The van der Waals surface area contributed by atoms with E-state index in [0.29, 0.717) is 6.54 Å². The van der Waals surface area contributed by atoms with Crippen molar-refractivity contribution >= 4 is 29.0 Å². The van der Waals surface area contributed by atoms with E-state index in [0.717, 1.165) is 36.3 Å². The molecule has 1 heterocycles. The Hall–Kier alpha value is -3.00. The number of carbonyl (C=O) groups excluding carboxylic acids is 2. The van der Waals surface area contributed by atoms with Gasteiger partial charge in [-0.1, -0.05) is 56.8 Å². The number of carbonyl (C=O) groups is 2. The fourth-order valence-electron chi connectivity index (χ4n) is 3.27. The van der Waals surface area contributed by atoms with Crippen LogP contribution in [0.5, 0.6) is 0 Å². The van der Waals surface area contributed by atoms with E-state index in [2.05, 4.69) is 12.2 Å². The van der Waals surface area contributed by atoms with Gasteiger partial charge in [0.05, 0.1) is 9.95 Å². The Morgan fingerprint density at radius 2 is 1.97 bits per heavy atom. The standard InChI is InChI=1S/C22H26ClN3O5/c1-3-5-7-15(4-2)13-24-22(29)20(25-14-17(23)10-11-19(25)27)21(28)16-8-6-9-18(12-16)26(30)31/h6,8-12,14-15,20H,3-5,7,13H2,1-2H3,(H,24,29). The summed E-state index contributed by atoms with van der Waals surface area (Å²) in [6.07, 6.45) is 5.08. The van der Waals surface area contributed by atoms with E-state index >= 15 is 0 Å². The van der Waals surface area contributed by atoms with Crippen molar-refractivity contribution in [2.45, 2.75) is 45.6 Å². The normalized spacial score (nSPS) is 12.7. The van der Waals surface area contributed by atoms with Crippen LogP contribution in [0.1, 0.15) is 55.9 Å². The molecule has 0 fully saturated rings. The van der Waals surface area contributed by atoms with Crippen molar-refractivity contribution in [1.82, 2.24) is 9.88 Å². The summed E-state index contributed by atoms with van der Waals surface area (Å²) in [4.78, 5) is 49.2. The topological polar surface area (TPSA) is 111 Å². The van der Waals surface area contributed by atoms with Gasteiger partial charge in [0, 0.05) is 36.5 Å². The largest absolute Gasteiger partial charge is 0.354 e. The fraction of sp³-hybridized carbons (Fsp3) is 0.409. The summed E-state index contributed by atoms with van der Waals surface area (Å²) in [6.45, 7) is 4.48. The Bertz CT molecular complexity index is 1000. The summed E-state index contributed by atoms with van der Waals surface area (Å²) < 4.78 is 0.964. The predicted octanol–water partition coefficient (Wildman–Crippen LogP) is 4.17. The number of benzene rings is 1. The molecule has 8 nitrogen and oxygen atoms in total. The number of pyridine rings is 1. The average Bonchev–Trinajstić information content (AvgIpc) is 2.76. The molecule has 166 valence electrons. The number of amides is 1. The highest BCUT2D eigenvalue weighted by Gasteiger charge is 2.31. The SMILES string of the molecule is CCCCC(CC)CNC(=O)C(C(=O)c1cccc([N+](=O)[O-])c1)n1cc(Cl)ccc1=O. The van der Waals surface area contributed by atoms with Crippen LogP contribution >= 0.6 is 11.6 Å². The first-order chi connectivity index (χ1) is 14.8. The Morgan fingerprint density at radius 1 is 1.23 bits per heavy atom. The number of nitrogens with one attached hydrogen (secondary N) is 1. The Kier molecular flexibility index (Phi) is 8.93. The van der Waals surface area contributed by atoms with Crippen LogP contribution in [0.3, 0.4) is 0 Å². The zero-order valence-corrected chi connectivity index (χ0v) is 18.3. The second-order valence-electron chi connectivity index (χ2n) is 7.33. The summed E-state index contributed by atoms with van der Waals surface area (Å²) in [6, 6.07) is 6.08. The van der Waals surface area contributed by atoms with Crippen molar-refractivity contribution in [3.05, 3.63) is 73.6 Å². The van der Waals surface area contributed by atoms with Gasteiger partial charge < -0.3 is 5.32 Å². The van der Waals surface area contributed by atoms with E-state index in [1.54, 1.807) is 0 Å². The maximum absolute atomic E-state index is 13.2. The van der Waals surface area contributed by atoms with Gasteiger partial charge >= 0.3 is 0 Å². The summed E-state index contributed by atoms with van der Waals surface area (Å²) >= 11 is 6.00. The lowest BCUT2D eigenvalue weighted by Crippen LogP contribution is -2.42. The number of halogens is 1. The van der Waals surface area contributed by atoms with Gasteiger partial charge in [-0.2, -0.15) is 0 Å². The fourth-order valence-corrected chi connectivity index (χ4v) is 3.43. The molecule has 0 saturated carbocycles. The molecule has 0 saturated heterocycles. The van der Waals surface area contributed by atoms with Crippen molar-refractivity contribution in [3.8, 4) is 0 Å². The molecule has 1 aromatic heterocycles. The molecule has 0 aliphatic heterocycles. The average molecular weight is 448 g/mol. The molecule has 0 aliphatic carbocycles. The van der Waals surface area contributed by atoms with E-state index in [1.165, 1.54) is 36.5 Å². The minimum atomic E-state index is -1.53. The molecular weight excluding hydrogens is 422 g/mol. The van der Waals surface area contributed by atoms with Crippen LogP contribution in [0.2, 0.25) is 5.02 Å². The lowest BCUT2D eigenvalue weighted by molar-refractivity contribution is -0.384. The molecule has 9 heteroatoms. The smallest absolute Gasteiger partial charge is 0.270 e. The van der Waals surface area contributed by atoms with Gasteiger partial charge in [-0.05, 0) is 18.4 Å². The maximum atomic E-state index is 13.2. The number of hydrogen-bond donors (Lipinski definition) is 1. The molecule has 2 aromatic rings. The van der Waals surface area contributed by atoms with Crippen molar-refractivity contribution in [2.24, 2.45) is 5.92 Å². The van der Waals surface area contributed by atoms with E-state index in [4.69, 9.17) is 11.6 Å². The first-order valence-electron chi connectivity index (χ1n) is 10.2. The van der Waals surface area contributed by atoms with Crippen molar-refractivity contribution in [3.63, 3.8) is 0 Å². The minimum Gasteiger partial charge on any atom is -0.354 e. The summed E-state index contributed by atoms with van der Waals surface area (Å²) in [5, 5.41) is 14.0. The highest BCUT2D eigenvalue weighted by Crippen LogP contribution is 2.20. The van der Waals surface area contributed by atoms with Crippen molar-refractivity contribution < 1.29 is 14.5 Å². The molecule has 2 rings (SSSR count). The molecule has 0 aliphatic rings. The number of aromatic nitrogens is 1. The molecule has 0 radical (unpaired) electrons. The van der Waals surface area contributed by atoms with E-state index in [-0.39, 0.29) is 22.2 Å². The van der Waals surface area contributed by atoms with E-state index < -0.39 is 28.2 Å². The Morgan fingerprint density at radius 3 is 2.61 bits per heavy atom. The third kappa shape index (κ3) is 6.49. The van der Waals surface area contributed by atoms with E-state index in [1.807, 2.05) is 6.92 Å². The molecule has 2 atom stereocenters. The number of nitro groups is 1. The van der Waals surface area contributed by atoms with Gasteiger partial charge in [-0.15, -0.1) is 0 Å². The number of nitro benzene ring substituents is 1. The maximum Gasteiger partial charge on any atom is 0.270 e. The molecule has 1 aromatic carbocycles. The van der Waals surface area contributed by atoms with Crippen molar-refractivity contribution in [1.29, 1.82) is 0 Å². The molecule has 0 spiro atoms. The number of ketones is 1. The van der Waals surface area contributed by atoms with Gasteiger partial charge in [0.1, 0.15) is 0 Å². The van der Waals surface area contributed by atoms with Crippen LogP contribution < -0.4 is 10.9 Å². The molecule has 31 heavy (non-hydrogen) atoms. The third-order valence-corrected chi connectivity index (χ3v) is 5.35. The third-order valence-electron chi connectivity index (χ3n) is 5.13. The zero-order valence-electron chi connectivity index (χ0n) is 17.5. The van der Waals surface area contributed by atoms with E-state index in [9.17, 15) is 24.5 Å². The van der Waals surface area contributed by atoms with Crippen molar-refractivity contribution in [2.75, 3.05) is 6.54 Å². The first-order valence-corrected chi connectivity index (χ1v) is 10.6. The Balaban J connectivity index is 2.39. The quantitative estimate of drug-likeness (QED) is 0.240. The molecule has 1 N–H and O–H groups in total. The van der Waals surface area contributed by atoms with Gasteiger partial charge in [0.2, 0.25) is 0 Å². The number of hydrogen-bond acceptors (Lipinski definition) is 5. The summed E-state index contributed by atoms with van der Waals surface area (Å²) in [5.74, 6) is -1.14. The molecule has 1 amide bonds. The number of nitrogens with zero attached hydrogens (tertiary/aromatic N) is 2. The second-order valence-corrected chi connectivity index (χ2v) is 7.77. The summed E-state index contributed by atoms with van der Waals surface area (Å²) in [5.41, 5.74) is -0.908. The molecule has 0 bridgehead atoms. The highest BCUT2D eigenvalue weighted by molar-refractivity contribution is 6.30. The van der Waals surface area contributed by atoms with Crippen LogP contribution in [0.4, 0.5) is 5.69 Å². The number of unbranched alkanes of at least 4 members (excludes halogenated alkanes) is 1. The van der Waals surface area contributed by atoms with Crippen LogP contribution in [0.15, 0.2) is 47.4 Å². The van der Waals surface area contributed by atoms with Gasteiger partial charge in [-0.25, -0.2) is 0 Å². The first kappa shape index (κ1) is 24.3. The predicted molar refractivity (Wildman–Crippen MR) is 118 cm³/mol. The van der Waals surface area contributed by atoms with Crippen LogP contribution in [-0.2, 0) is 4.79 Å². The summed E-state index contributed by atoms with van der Waals surface area (Å²) in [7, 11) is 0. The monoisotopic (exact) mass is 447 g/mol. The van der Waals surface area contributed by atoms with Gasteiger partial charge in [0.15, 0.2) is 11.8 Å². The second kappa shape index (κ2) is 11.4. The zero-order chi connectivity index (χ0) is 23.0. The van der Waals surface area contributed by atoms with Crippen LogP contribution in [-0.4, -0.2) is 27.7 Å².